The van der Waals surface area contributed by atoms with Gasteiger partial charge in [-0.15, -0.1) is 0 Å². The van der Waals surface area contributed by atoms with Crippen LogP contribution in [0.15, 0.2) is 36.4 Å². The molecule has 0 radical (unpaired) electrons. The van der Waals surface area contributed by atoms with Crippen molar-refractivity contribution in [1.29, 1.82) is 0 Å². The third-order valence-corrected chi connectivity index (χ3v) is 3.98. The first-order chi connectivity index (χ1) is 8.08. The summed E-state index contributed by atoms with van der Waals surface area (Å²) in [6.07, 6.45) is 0. The monoisotopic (exact) mass is 248 g/mol. The number of halogens is 1. The Bertz CT molecular complexity index is 552. The lowest BCUT2D eigenvalue weighted by molar-refractivity contribution is 0.475. The van der Waals surface area contributed by atoms with Crippen LogP contribution >= 0.6 is 8.58 Å². The van der Waals surface area contributed by atoms with Gasteiger partial charge in [0.25, 0.3) is 0 Å². The average molecular weight is 248 g/mol. The standard InChI is InChI=1S/C14H14FOP/c1-9-6-7-12(11(15)8-9)17-13-5-3-4-10(2)14(13)16/h3-8,16-17H,1-2H3. The van der Waals surface area contributed by atoms with E-state index in [9.17, 15) is 9.50 Å². The minimum absolute atomic E-state index is 0.142. The molecule has 2 aromatic rings. The second kappa shape index (κ2) is 4.85. The lowest BCUT2D eigenvalue weighted by atomic mass is 10.2. The van der Waals surface area contributed by atoms with Crippen molar-refractivity contribution in [1.82, 2.24) is 0 Å². The van der Waals surface area contributed by atoms with E-state index in [2.05, 4.69) is 0 Å². The van der Waals surface area contributed by atoms with E-state index in [4.69, 9.17) is 0 Å². The highest BCUT2D eigenvalue weighted by atomic mass is 31.1. The molecule has 1 nitrogen and oxygen atoms in total. The number of rotatable bonds is 2. The predicted octanol–water partition coefficient (Wildman–Crippen LogP) is 2.78. The molecule has 88 valence electrons. The molecular weight excluding hydrogens is 234 g/mol. The van der Waals surface area contributed by atoms with Gasteiger partial charge in [-0.05, 0) is 31.0 Å². The van der Waals surface area contributed by atoms with Gasteiger partial charge in [0.1, 0.15) is 11.6 Å². The number of aromatic hydroxyl groups is 1. The van der Waals surface area contributed by atoms with Gasteiger partial charge in [-0.2, -0.15) is 0 Å². The van der Waals surface area contributed by atoms with Gasteiger partial charge in [0.15, 0.2) is 0 Å². The largest absolute Gasteiger partial charge is 0.507 e. The molecule has 2 aromatic carbocycles. The quantitative estimate of drug-likeness (QED) is 0.810. The van der Waals surface area contributed by atoms with Crippen molar-refractivity contribution < 1.29 is 9.50 Å². The van der Waals surface area contributed by atoms with Crippen molar-refractivity contribution in [2.24, 2.45) is 0 Å². The zero-order chi connectivity index (χ0) is 12.4. The molecule has 0 aliphatic rings. The van der Waals surface area contributed by atoms with E-state index in [1.807, 2.05) is 38.1 Å². The number of phenols is 1. The SMILES string of the molecule is Cc1ccc(Pc2cccc(C)c2O)c(F)c1. The molecule has 1 atom stereocenters. The van der Waals surface area contributed by atoms with E-state index in [1.54, 1.807) is 6.07 Å². The highest BCUT2D eigenvalue weighted by molar-refractivity contribution is 7.55. The molecule has 0 aliphatic carbocycles. The fourth-order valence-corrected chi connectivity index (χ4v) is 2.77. The molecule has 0 amide bonds. The Labute approximate surface area is 102 Å². The van der Waals surface area contributed by atoms with E-state index in [-0.39, 0.29) is 20.1 Å². The second-order valence-corrected chi connectivity index (χ2v) is 5.41. The van der Waals surface area contributed by atoms with Gasteiger partial charge in [0.05, 0.1) is 0 Å². The van der Waals surface area contributed by atoms with Gasteiger partial charge in [-0.3, -0.25) is 0 Å². The molecular formula is C14H14FOP. The molecule has 0 saturated carbocycles. The van der Waals surface area contributed by atoms with Crippen LogP contribution < -0.4 is 10.6 Å². The maximum atomic E-state index is 13.7. The Morgan fingerprint density at radius 1 is 1.06 bits per heavy atom. The van der Waals surface area contributed by atoms with Crippen LogP contribution in [0.2, 0.25) is 0 Å². The summed E-state index contributed by atoms with van der Waals surface area (Å²) in [5.41, 5.74) is 1.73. The summed E-state index contributed by atoms with van der Waals surface area (Å²) < 4.78 is 13.7. The average Bonchev–Trinajstić information content (AvgIpc) is 2.28. The Balaban J connectivity index is 2.35. The lowest BCUT2D eigenvalue weighted by Gasteiger charge is -2.08. The summed E-state index contributed by atoms with van der Waals surface area (Å²) in [6, 6.07) is 10.7. The van der Waals surface area contributed by atoms with Crippen LogP contribution in [0.4, 0.5) is 4.39 Å². The van der Waals surface area contributed by atoms with Crippen LogP contribution in [0.5, 0.6) is 5.75 Å². The third kappa shape index (κ3) is 2.65. The maximum Gasteiger partial charge on any atom is 0.131 e. The van der Waals surface area contributed by atoms with Crippen molar-refractivity contribution >= 4 is 19.2 Å². The summed E-state index contributed by atoms with van der Waals surface area (Å²) in [7, 11) is 0.142. The maximum absolute atomic E-state index is 13.7. The lowest BCUT2D eigenvalue weighted by Crippen LogP contribution is -2.08. The predicted molar refractivity (Wildman–Crippen MR) is 71.6 cm³/mol. The summed E-state index contributed by atoms with van der Waals surface area (Å²) in [6.45, 7) is 3.70. The minimum Gasteiger partial charge on any atom is -0.507 e. The third-order valence-electron chi connectivity index (χ3n) is 2.63. The van der Waals surface area contributed by atoms with Gasteiger partial charge < -0.3 is 5.11 Å². The summed E-state index contributed by atoms with van der Waals surface area (Å²) in [4.78, 5) is 0. The number of aryl methyl sites for hydroxylation is 2. The minimum atomic E-state index is -0.204. The van der Waals surface area contributed by atoms with E-state index >= 15 is 0 Å². The highest BCUT2D eigenvalue weighted by Gasteiger charge is 2.08. The van der Waals surface area contributed by atoms with Crippen LogP contribution in [-0.4, -0.2) is 5.11 Å². The normalized spacial score (nSPS) is 11.2. The van der Waals surface area contributed by atoms with Crippen LogP contribution in [0.25, 0.3) is 0 Å². The molecule has 1 unspecified atom stereocenters. The Kier molecular flexibility index (Phi) is 3.44. The second-order valence-electron chi connectivity index (χ2n) is 4.08. The van der Waals surface area contributed by atoms with Crippen LogP contribution in [0.3, 0.4) is 0 Å². The van der Waals surface area contributed by atoms with E-state index in [0.29, 0.717) is 5.30 Å². The number of para-hydroxylation sites is 1. The van der Waals surface area contributed by atoms with Crippen LogP contribution in [-0.2, 0) is 0 Å². The highest BCUT2D eigenvalue weighted by Crippen LogP contribution is 2.22. The molecule has 0 heterocycles. The topological polar surface area (TPSA) is 20.2 Å². The first-order valence-corrected chi connectivity index (χ1v) is 6.39. The van der Waals surface area contributed by atoms with Crippen molar-refractivity contribution in [3.63, 3.8) is 0 Å². The summed E-state index contributed by atoms with van der Waals surface area (Å²) >= 11 is 0. The van der Waals surface area contributed by atoms with Crippen molar-refractivity contribution in [3.8, 4) is 5.75 Å². The van der Waals surface area contributed by atoms with Gasteiger partial charge in [-0.25, -0.2) is 4.39 Å². The molecule has 0 bridgehead atoms. The molecule has 1 N–H and O–H groups in total. The van der Waals surface area contributed by atoms with Gasteiger partial charge in [0, 0.05) is 10.6 Å². The molecule has 0 spiro atoms. The summed E-state index contributed by atoms with van der Waals surface area (Å²) in [5, 5.41) is 11.3. The first-order valence-electron chi connectivity index (χ1n) is 5.39. The number of benzene rings is 2. The van der Waals surface area contributed by atoms with Crippen molar-refractivity contribution in [2.75, 3.05) is 0 Å². The smallest absolute Gasteiger partial charge is 0.131 e. The van der Waals surface area contributed by atoms with E-state index in [0.717, 1.165) is 16.4 Å². The zero-order valence-electron chi connectivity index (χ0n) is 9.79. The fourth-order valence-electron chi connectivity index (χ4n) is 1.63. The van der Waals surface area contributed by atoms with Crippen LogP contribution in [0, 0.1) is 19.7 Å². The molecule has 0 aromatic heterocycles. The fraction of sp³-hybridized carbons (Fsp3) is 0.143. The van der Waals surface area contributed by atoms with Gasteiger partial charge in [0.2, 0.25) is 0 Å². The van der Waals surface area contributed by atoms with Crippen LogP contribution in [0.1, 0.15) is 11.1 Å². The molecule has 3 heteroatoms. The Morgan fingerprint density at radius 3 is 2.53 bits per heavy atom. The first kappa shape index (κ1) is 12.1. The Morgan fingerprint density at radius 2 is 1.82 bits per heavy atom. The number of hydrogen-bond acceptors (Lipinski definition) is 1. The Hall–Kier alpha value is -1.40. The van der Waals surface area contributed by atoms with Crippen molar-refractivity contribution in [2.45, 2.75) is 13.8 Å². The molecule has 0 fully saturated rings. The van der Waals surface area contributed by atoms with Gasteiger partial charge >= 0.3 is 0 Å². The van der Waals surface area contributed by atoms with Crippen molar-refractivity contribution in [3.05, 3.63) is 53.3 Å². The van der Waals surface area contributed by atoms with Gasteiger partial charge in [-0.1, -0.05) is 38.9 Å². The van der Waals surface area contributed by atoms with E-state index < -0.39 is 0 Å². The molecule has 0 aliphatic heterocycles. The zero-order valence-corrected chi connectivity index (χ0v) is 10.8. The number of hydrogen-bond donors (Lipinski definition) is 1. The molecule has 2 rings (SSSR count). The number of phenolic OH excluding ortho intramolecular Hbond substituents is 1. The molecule has 17 heavy (non-hydrogen) atoms. The van der Waals surface area contributed by atoms with E-state index in [1.165, 1.54) is 6.07 Å². The molecule has 0 saturated heterocycles. The summed E-state index contributed by atoms with van der Waals surface area (Å²) in [5.74, 6) is 0.0649.